The van der Waals surface area contributed by atoms with E-state index in [0.717, 1.165) is 9.99 Å². The Morgan fingerprint density at radius 2 is 1.50 bits per heavy atom. The van der Waals surface area contributed by atoms with Crippen molar-refractivity contribution >= 4 is 33.2 Å². The molecule has 1 fully saturated rings. The van der Waals surface area contributed by atoms with E-state index in [1.807, 2.05) is 30.3 Å². The summed E-state index contributed by atoms with van der Waals surface area (Å²) in [6.45, 7) is 1.60. The molecule has 3 aromatic carbocycles. The second kappa shape index (κ2) is 10.5. The van der Waals surface area contributed by atoms with Gasteiger partial charge in [-0.25, -0.2) is 12.8 Å². The molecule has 1 aliphatic rings. The molecule has 0 N–H and O–H groups in total. The van der Waals surface area contributed by atoms with Gasteiger partial charge in [-0.05, 0) is 42.5 Å². The number of piperazine rings is 1. The molecule has 1 saturated heterocycles. The first-order chi connectivity index (χ1) is 16.3. The van der Waals surface area contributed by atoms with E-state index in [0.29, 0.717) is 31.2 Å². The highest BCUT2D eigenvalue weighted by atomic mass is 35.5. The van der Waals surface area contributed by atoms with E-state index in [1.165, 1.54) is 42.5 Å². The van der Waals surface area contributed by atoms with Crippen molar-refractivity contribution in [3.8, 4) is 0 Å². The van der Waals surface area contributed by atoms with Gasteiger partial charge in [0.1, 0.15) is 5.82 Å². The Balaban J connectivity index is 1.52. The molecule has 1 amide bonds. The molecule has 0 atom stereocenters. The van der Waals surface area contributed by atoms with Gasteiger partial charge in [0.2, 0.25) is 15.9 Å². The van der Waals surface area contributed by atoms with E-state index in [1.54, 1.807) is 11.0 Å². The zero-order valence-corrected chi connectivity index (χ0v) is 20.1. The van der Waals surface area contributed by atoms with E-state index >= 15 is 0 Å². The lowest BCUT2D eigenvalue weighted by molar-refractivity contribution is -0.131. The van der Waals surface area contributed by atoms with Crippen LogP contribution in [0.4, 0.5) is 10.1 Å². The molecule has 0 radical (unpaired) electrons. The van der Waals surface area contributed by atoms with Crippen molar-refractivity contribution in [1.29, 1.82) is 0 Å². The third-order valence-electron chi connectivity index (χ3n) is 5.82. The fourth-order valence-corrected chi connectivity index (χ4v) is 5.40. The van der Waals surface area contributed by atoms with Gasteiger partial charge >= 0.3 is 0 Å². The van der Waals surface area contributed by atoms with Gasteiger partial charge < -0.3 is 9.80 Å². The fourth-order valence-electron chi connectivity index (χ4n) is 3.90. The number of benzene rings is 3. The van der Waals surface area contributed by atoms with Gasteiger partial charge in [-0.3, -0.25) is 4.79 Å². The van der Waals surface area contributed by atoms with Crippen molar-refractivity contribution in [2.24, 2.45) is 0 Å². The number of hydrogen-bond acceptors (Lipinski definition) is 4. The maximum atomic E-state index is 14.4. The van der Waals surface area contributed by atoms with Crippen LogP contribution in [0.3, 0.4) is 0 Å². The van der Waals surface area contributed by atoms with Gasteiger partial charge in [-0.1, -0.05) is 48.0 Å². The molecule has 0 spiro atoms. The predicted octanol–water partition coefficient (Wildman–Crippen LogP) is 4.02. The third kappa shape index (κ3) is 5.58. The number of nitrogens with zero attached hydrogens (tertiary/aromatic N) is 3. The average Bonchev–Trinajstić information content (AvgIpc) is 2.85. The van der Waals surface area contributed by atoms with Crippen LogP contribution in [0.5, 0.6) is 0 Å². The van der Waals surface area contributed by atoms with Gasteiger partial charge in [0.05, 0.1) is 11.4 Å². The number of para-hydroxylation sites is 1. The third-order valence-corrected chi connectivity index (χ3v) is 7.88. The van der Waals surface area contributed by atoms with Gasteiger partial charge in [0.25, 0.3) is 0 Å². The van der Waals surface area contributed by atoms with Crippen LogP contribution in [-0.2, 0) is 21.4 Å². The lowest BCUT2D eigenvalue weighted by Crippen LogP contribution is -2.51. The van der Waals surface area contributed by atoms with Crippen molar-refractivity contribution in [3.63, 3.8) is 0 Å². The van der Waals surface area contributed by atoms with Crippen LogP contribution in [0, 0.1) is 5.82 Å². The quantitative estimate of drug-likeness (QED) is 0.490. The minimum absolute atomic E-state index is 0.00469. The number of carbonyl (C=O) groups is 1. The smallest absolute Gasteiger partial charge is 0.243 e. The summed E-state index contributed by atoms with van der Waals surface area (Å²) >= 11 is 5.91. The van der Waals surface area contributed by atoms with Crippen LogP contribution >= 0.6 is 11.6 Å². The molecular weight excluding hydrogens is 477 g/mol. The molecule has 34 heavy (non-hydrogen) atoms. The summed E-state index contributed by atoms with van der Waals surface area (Å²) in [7, 11) is -4.07. The van der Waals surface area contributed by atoms with Crippen LogP contribution in [0.25, 0.3) is 0 Å². The number of halogens is 2. The standard InChI is InChI=1S/C25H25ClFN3O3S/c26-21-10-12-23(13-11-21)34(32,33)30(18-20-6-4-5-9-24(20)27)19-25(31)29-16-14-28(15-17-29)22-7-2-1-3-8-22/h1-13H,14-19H2. The first kappa shape index (κ1) is 24.2. The summed E-state index contributed by atoms with van der Waals surface area (Å²) in [4.78, 5) is 17.0. The Hall–Kier alpha value is -2.94. The van der Waals surface area contributed by atoms with Crippen molar-refractivity contribution in [2.45, 2.75) is 11.4 Å². The molecule has 3 aromatic rings. The normalized spacial score (nSPS) is 14.4. The summed E-state index contributed by atoms with van der Waals surface area (Å²) in [5, 5.41) is 0.395. The first-order valence-electron chi connectivity index (χ1n) is 10.9. The molecule has 178 valence electrons. The van der Waals surface area contributed by atoms with Crippen LogP contribution in [0.1, 0.15) is 5.56 Å². The Morgan fingerprint density at radius 3 is 2.15 bits per heavy atom. The highest BCUT2D eigenvalue weighted by molar-refractivity contribution is 7.89. The topological polar surface area (TPSA) is 60.9 Å². The van der Waals surface area contributed by atoms with Crippen LogP contribution in [0.2, 0.25) is 5.02 Å². The van der Waals surface area contributed by atoms with Crippen molar-refractivity contribution in [2.75, 3.05) is 37.6 Å². The summed E-state index contributed by atoms with van der Waals surface area (Å²) in [5.41, 5.74) is 1.28. The predicted molar refractivity (Wildman–Crippen MR) is 131 cm³/mol. The Kier molecular flexibility index (Phi) is 7.50. The molecule has 0 aromatic heterocycles. The van der Waals surface area contributed by atoms with E-state index < -0.39 is 15.8 Å². The SMILES string of the molecule is O=C(CN(Cc1ccccc1F)S(=O)(=O)c1ccc(Cl)cc1)N1CCN(c2ccccc2)CC1. The highest BCUT2D eigenvalue weighted by Gasteiger charge is 2.30. The largest absolute Gasteiger partial charge is 0.368 e. The number of amides is 1. The van der Waals surface area contributed by atoms with Gasteiger partial charge in [0.15, 0.2) is 0 Å². The molecule has 1 heterocycles. The van der Waals surface area contributed by atoms with E-state index in [2.05, 4.69) is 4.90 Å². The van der Waals surface area contributed by atoms with E-state index in [4.69, 9.17) is 11.6 Å². The van der Waals surface area contributed by atoms with E-state index in [-0.39, 0.29) is 29.5 Å². The van der Waals surface area contributed by atoms with Crippen molar-refractivity contribution in [3.05, 3.63) is 95.3 Å². The van der Waals surface area contributed by atoms with Crippen molar-refractivity contribution in [1.82, 2.24) is 9.21 Å². The minimum Gasteiger partial charge on any atom is -0.368 e. The maximum absolute atomic E-state index is 14.4. The number of anilines is 1. The number of hydrogen-bond donors (Lipinski definition) is 0. The Bertz CT molecular complexity index is 1230. The lowest BCUT2D eigenvalue weighted by atomic mass is 10.2. The Morgan fingerprint density at radius 1 is 0.882 bits per heavy atom. The molecule has 1 aliphatic heterocycles. The minimum atomic E-state index is -4.07. The lowest BCUT2D eigenvalue weighted by Gasteiger charge is -2.37. The summed E-state index contributed by atoms with van der Waals surface area (Å²) in [6, 6.07) is 21.6. The number of sulfonamides is 1. The molecule has 9 heteroatoms. The maximum Gasteiger partial charge on any atom is 0.243 e. The molecule has 0 aliphatic carbocycles. The number of carbonyl (C=O) groups excluding carboxylic acids is 1. The fraction of sp³-hybridized carbons (Fsp3) is 0.240. The second-order valence-electron chi connectivity index (χ2n) is 8.02. The molecule has 4 rings (SSSR count). The molecule has 0 unspecified atom stereocenters. The summed E-state index contributed by atoms with van der Waals surface area (Å²) in [6.07, 6.45) is 0. The zero-order valence-electron chi connectivity index (χ0n) is 18.5. The first-order valence-corrected chi connectivity index (χ1v) is 12.7. The van der Waals surface area contributed by atoms with Gasteiger partial charge in [0, 0.05) is 49.0 Å². The molecule has 0 saturated carbocycles. The average molecular weight is 502 g/mol. The zero-order chi connectivity index (χ0) is 24.1. The van der Waals surface area contributed by atoms with Gasteiger partial charge in [-0.2, -0.15) is 4.31 Å². The summed E-state index contributed by atoms with van der Waals surface area (Å²) in [5.74, 6) is -0.843. The number of rotatable bonds is 7. The van der Waals surface area contributed by atoms with Gasteiger partial charge in [-0.15, -0.1) is 0 Å². The summed E-state index contributed by atoms with van der Waals surface area (Å²) < 4.78 is 42.2. The monoisotopic (exact) mass is 501 g/mol. The molecular formula is C25H25ClFN3O3S. The molecule has 6 nitrogen and oxygen atoms in total. The van der Waals surface area contributed by atoms with Crippen molar-refractivity contribution < 1.29 is 17.6 Å². The van der Waals surface area contributed by atoms with E-state index in [9.17, 15) is 17.6 Å². The Labute approximate surface area is 204 Å². The van der Waals surface area contributed by atoms with Crippen LogP contribution in [-0.4, -0.2) is 56.3 Å². The highest BCUT2D eigenvalue weighted by Crippen LogP contribution is 2.22. The molecule has 0 bridgehead atoms. The van der Waals surface area contributed by atoms with Crippen LogP contribution < -0.4 is 4.90 Å². The second-order valence-corrected chi connectivity index (χ2v) is 10.4. The van der Waals surface area contributed by atoms with Crippen LogP contribution in [0.15, 0.2) is 83.8 Å².